The van der Waals surface area contributed by atoms with Crippen molar-refractivity contribution in [1.29, 1.82) is 0 Å². The van der Waals surface area contributed by atoms with Crippen LogP contribution in [0.3, 0.4) is 0 Å². The lowest BCUT2D eigenvalue weighted by atomic mass is 9.96. The summed E-state index contributed by atoms with van der Waals surface area (Å²) in [6.07, 6.45) is -3.07. The van der Waals surface area contributed by atoms with E-state index in [-0.39, 0.29) is 18.3 Å². The molecular weight excluding hydrogens is 286 g/mol. The number of halogens is 4. The van der Waals surface area contributed by atoms with Crippen molar-refractivity contribution in [3.63, 3.8) is 0 Å². The molecule has 1 aromatic rings. The van der Waals surface area contributed by atoms with E-state index < -0.39 is 12.8 Å². The predicted octanol–water partition coefficient (Wildman–Crippen LogP) is 3.56. The van der Waals surface area contributed by atoms with Gasteiger partial charge in [0.15, 0.2) is 0 Å². The molecule has 0 aliphatic rings. The van der Waals surface area contributed by atoms with Crippen molar-refractivity contribution in [2.45, 2.75) is 25.9 Å². The zero-order valence-electron chi connectivity index (χ0n) is 12.0. The van der Waals surface area contributed by atoms with Crippen LogP contribution in [0, 0.1) is 11.7 Å². The minimum Gasteiger partial charge on any atom is -0.372 e. The SMILES string of the molecule is CCNCC(CCOCC(F)(F)F)Cc1ccc(F)cc1. The Morgan fingerprint density at radius 3 is 2.43 bits per heavy atom. The summed E-state index contributed by atoms with van der Waals surface area (Å²) in [6, 6.07) is 6.18. The Hall–Kier alpha value is -1.14. The van der Waals surface area contributed by atoms with E-state index in [4.69, 9.17) is 0 Å². The van der Waals surface area contributed by atoms with E-state index in [1.54, 1.807) is 12.1 Å². The Balaban J connectivity index is 2.41. The van der Waals surface area contributed by atoms with Crippen LogP contribution >= 0.6 is 0 Å². The molecule has 0 radical (unpaired) electrons. The van der Waals surface area contributed by atoms with Gasteiger partial charge in [-0.3, -0.25) is 0 Å². The van der Waals surface area contributed by atoms with Gasteiger partial charge in [-0.1, -0.05) is 19.1 Å². The van der Waals surface area contributed by atoms with Crippen molar-refractivity contribution >= 4 is 0 Å². The van der Waals surface area contributed by atoms with E-state index in [1.165, 1.54) is 12.1 Å². The first-order valence-electron chi connectivity index (χ1n) is 7.00. The van der Waals surface area contributed by atoms with Crippen LogP contribution in [0.1, 0.15) is 18.9 Å². The maximum atomic E-state index is 12.8. The van der Waals surface area contributed by atoms with Crippen LogP contribution in [0.15, 0.2) is 24.3 Å². The summed E-state index contributed by atoms with van der Waals surface area (Å²) in [5, 5.41) is 3.19. The molecule has 6 heteroatoms. The average Bonchev–Trinajstić information content (AvgIpc) is 2.42. The second-order valence-electron chi connectivity index (χ2n) is 4.96. The Bertz CT molecular complexity index is 392. The summed E-state index contributed by atoms with van der Waals surface area (Å²) in [5.41, 5.74) is 0.968. The van der Waals surface area contributed by atoms with Crippen LogP contribution in [-0.2, 0) is 11.2 Å². The molecule has 1 rings (SSSR count). The van der Waals surface area contributed by atoms with Gasteiger partial charge in [0.25, 0.3) is 0 Å². The highest BCUT2D eigenvalue weighted by Crippen LogP contribution is 2.16. The Morgan fingerprint density at radius 1 is 1.19 bits per heavy atom. The molecule has 1 unspecified atom stereocenters. The summed E-state index contributed by atoms with van der Waals surface area (Å²) in [6.45, 7) is 2.32. The van der Waals surface area contributed by atoms with Gasteiger partial charge in [0.2, 0.25) is 0 Å². The monoisotopic (exact) mass is 307 g/mol. The molecule has 0 bridgehead atoms. The van der Waals surface area contributed by atoms with Crippen LogP contribution in [0.4, 0.5) is 17.6 Å². The fourth-order valence-electron chi connectivity index (χ4n) is 2.02. The van der Waals surface area contributed by atoms with Gasteiger partial charge in [0.1, 0.15) is 12.4 Å². The van der Waals surface area contributed by atoms with Gasteiger partial charge < -0.3 is 10.1 Å². The van der Waals surface area contributed by atoms with Gasteiger partial charge in [-0.25, -0.2) is 4.39 Å². The molecule has 0 aliphatic carbocycles. The molecule has 0 aromatic heterocycles. The second-order valence-corrected chi connectivity index (χ2v) is 4.96. The highest BCUT2D eigenvalue weighted by atomic mass is 19.4. The summed E-state index contributed by atoms with van der Waals surface area (Å²) >= 11 is 0. The number of nitrogens with one attached hydrogen (secondary N) is 1. The van der Waals surface area contributed by atoms with E-state index in [0.717, 1.165) is 12.1 Å². The van der Waals surface area contributed by atoms with Gasteiger partial charge in [0, 0.05) is 6.61 Å². The minimum atomic E-state index is -4.28. The lowest BCUT2D eigenvalue weighted by Crippen LogP contribution is -2.26. The zero-order valence-corrected chi connectivity index (χ0v) is 12.0. The molecular formula is C15H21F4NO. The van der Waals surface area contributed by atoms with Crippen molar-refractivity contribution in [2.24, 2.45) is 5.92 Å². The molecule has 0 spiro atoms. The van der Waals surface area contributed by atoms with Crippen molar-refractivity contribution in [3.8, 4) is 0 Å². The van der Waals surface area contributed by atoms with Crippen molar-refractivity contribution in [3.05, 3.63) is 35.6 Å². The maximum Gasteiger partial charge on any atom is 0.411 e. The molecule has 0 fully saturated rings. The number of hydrogen-bond donors (Lipinski definition) is 1. The summed E-state index contributed by atoms with van der Waals surface area (Å²) in [4.78, 5) is 0. The van der Waals surface area contributed by atoms with Crippen molar-refractivity contribution in [1.82, 2.24) is 5.32 Å². The molecule has 21 heavy (non-hydrogen) atoms. The highest BCUT2D eigenvalue weighted by Gasteiger charge is 2.27. The zero-order chi connectivity index (χ0) is 15.7. The van der Waals surface area contributed by atoms with Crippen molar-refractivity contribution in [2.75, 3.05) is 26.3 Å². The Kier molecular flexibility index (Phi) is 7.67. The van der Waals surface area contributed by atoms with Crippen LogP contribution in [0.25, 0.3) is 0 Å². The van der Waals surface area contributed by atoms with Crippen LogP contribution in [0.2, 0.25) is 0 Å². The second kappa shape index (κ2) is 9.00. The minimum absolute atomic E-state index is 0.0662. The van der Waals surface area contributed by atoms with E-state index >= 15 is 0 Å². The Morgan fingerprint density at radius 2 is 1.86 bits per heavy atom. The fraction of sp³-hybridized carbons (Fsp3) is 0.600. The molecule has 120 valence electrons. The van der Waals surface area contributed by atoms with Crippen LogP contribution < -0.4 is 5.32 Å². The molecule has 1 N–H and O–H groups in total. The molecule has 2 nitrogen and oxygen atoms in total. The normalized spacial score (nSPS) is 13.4. The summed E-state index contributed by atoms with van der Waals surface area (Å²) in [7, 11) is 0. The molecule has 0 amide bonds. The van der Waals surface area contributed by atoms with Crippen LogP contribution in [-0.4, -0.2) is 32.5 Å². The van der Waals surface area contributed by atoms with Gasteiger partial charge in [-0.2, -0.15) is 13.2 Å². The molecule has 0 aliphatic heterocycles. The lowest BCUT2D eigenvalue weighted by Gasteiger charge is -2.18. The standard InChI is InChI=1S/C15H21F4NO/c1-2-20-10-13(7-8-21-11-15(17,18)19)9-12-3-5-14(16)6-4-12/h3-6,13,20H,2,7-11H2,1H3. The van der Waals surface area contributed by atoms with E-state index in [9.17, 15) is 17.6 Å². The molecule has 0 saturated carbocycles. The number of alkyl halides is 3. The third-order valence-corrected chi connectivity index (χ3v) is 3.06. The number of hydrogen-bond acceptors (Lipinski definition) is 2. The fourth-order valence-corrected chi connectivity index (χ4v) is 2.02. The van der Waals surface area contributed by atoms with Crippen molar-refractivity contribution < 1.29 is 22.3 Å². The first kappa shape index (κ1) is 17.9. The number of rotatable bonds is 9. The maximum absolute atomic E-state index is 12.8. The highest BCUT2D eigenvalue weighted by molar-refractivity contribution is 5.16. The van der Waals surface area contributed by atoms with Crippen LogP contribution in [0.5, 0.6) is 0 Å². The molecule has 1 aromatic carbocycles. The third-order valence-electron chi connectivity index (χ3n) is 3.06. The quantitative estimate of drug-likeness (QED) is 0.556. The summed E-state index contributed by atoms with van der Waals surface area (Å²) in [5.74, 6) is -0.140. The molecule has 0 saturated heterocycles. The first-order valence-corrected chi connectivity index (χ1v) is 7.00. The molecule has 1 atom stereocenters. The lowest BCUT2D eigenvalue weighted by molar-refractivity contribution is -0.174. The van der Waals surface area contributed by atoms with Gasteiger partial charge in [-0.15, -0.1) is 0 Å². The Labute approximate surface area is 122 Å². The van der Waals surface area contributed by atoms with Gasteiger partial charge >= 0.3 is 6.18 Å². The molecule has 0 heterocycles. The van der Waals surface area contributed by atoms with E-state index in [1.807, 2.05) is 6.92 Å². The summed E-state index contributed by atoms with van der Waals surface area (Å²) < 4.78 is 53.5. The topological polar surface area (TPSA) is 21.3 Å². The third kappa shape index (κ3) is 8.67. The largest absolute Gasteiger partial charge is 0.411 e. The van der Waals surface area contributed by atoms with E-state index in [0.29, 0.717) is 19.4 Å². The predicted molar refractivity (Wildman–Crippen MR) is 73.6 cm³/mol. The number of ether oxygens (including phenoxy) is 1. The average molecular weight is 307 g/mol. The van der Waals surface area contributed by atoms with Gasteiger partial charge in [-0.05, 0) is 49.5 Å². The number of benzene rings is 1. The first-order chi connectivity index (χ1) is 9.90. The van der Waals surface area contributed by atoms with Gasteiger partial charge in [0.05, 0.1) is 0 Å². The smallest absolute Gasteiger partial charge is 0.372 e. The van der Waals surface area contributed by atoms with E-state index in [2.05, 4.69) is 10.1 Å².